The monoisotopic (exact) mass is 547 g/mol. The topological polar surface area (TPSA) is 252 Å². The van der Waals surface area contributed by atoms with E-state index in [4.69, 9.17) is 22.3 Å². The van der Waals surface area contributed by atoms with Crippen molar-refractivity contribution >= 4 is 47.4 Å². The Hall–Kier alpha value is -3.07. The van der Waals surface area contributed by atoms with Gasteiger partial charge in [-0.05, 0) is 43.6 Å². The van der Waals surface area contributed by atoms with Gasteiger partial charge < -0.3 is 43.4 Å². The van der Waals surface area contributed by atoms with Crippen molar-refractivity contribution in [2.24, 2.45) is 28.1 Å². The normalized spacial score (nSPS) is 14.8. The van der Waals surface area contributed by atoms with Crippen molar-refractivity contribution < 1.29 is 34.2 Å². The number of nitrogens with zero attached hydrogens (tertiary/aromatic N) is 1. The second-order valence-corrected chi connectivity index (χ2v) is 9.58. The number of aliphatic carboxylic acids is 2. The van der Waals surface area contributed by atoms with Crippen LogP contribution in [0, 0.1) is 5.92 Å². The van der Waals surface area contributed by atoms with Gasteiger partial charge in [-0.1, -0.05) is 20.3 Å². The van der Waals surface area contributed by atoms with Crippen molar-refractivity contribution in [1.82, 2.24) is 16.0 Å². The molecule has 0 bridgehead atoms. The summed E-state index contributed by atoms with van der Waals surface area (Å²) in [5, 5.41) is 26.0. The average Bonchev–Trinajstić information content (AvgIpc) is 2.83. The first-order valence-corrected chi connectivity index (χ1v) is 13.4. The van der Waals surface area contributed by atoms with Crippen molar-refractivity contribution in [1.29, 1.82) is 0 Å². The number of nitrogens with one attached hydrogen (secondary N) is 3. The smallest absolute Gasteiger partial charge is 0.326 e. The van der Waals surface area contributed by atoms with Crippen LogP contribution in [-0.2, 0) is 24.0 Å². The molecule has 0 radical (unpaired) electrons. The Labute approximate surface area is 220 Å². The molecule has 0 saturated carbocycles. The van der Waals surface area contributed by atoms with Crippen LogP contribution in [0.15, 0.2) is 4.99 Å². The summed E-state index contributed by atoms with van der Waals surface area (Å²) in [4.78, 5) is 65.0. The second-order valence-electron chi connectivity index (χ2n) is 8.60. The summed E-state index contributed by atoms with van der Waals surface area (Å²) in [5.41, 5.74) is 16.4. The predicted molar refractivity (Wildman–Crippen MR) is 141 cm³/mol. The van der Waals surface area contributed by atoms with E-state index < -0.39 is 60.2 Å². The van der Waals surface area contributed by atoms with E-state index in [1.165, 1.54) is 11.8 Å². The van der Waals surface area contributed by atoms with E-state index >= 15 is 0 Å². The van der Waals surface area contributed by atoms with Crippen LogP contribution in [0.5, 0.6) is 0 Å². The van der Waals surface area contributed by atoms with Gasteiger partial charge in [-0.2, -0.15) is 11.8 Å². The number of thioether (sulfide) groups is 1. The van der Waals surface area contributed by atoms with Gasteiger partial charge in [0, 0.05) is 13.0 Å². The molecule has 5 unspecified atom stereocenters. The standard InChI is InChI=1S/C22H41N7O7S/c1-4-12(2)17(23)20(34)28-14(9-11-37-3)19(33)27-13(7-8-16(30)31)18(32)29-15(21(35)36)6-5-10-26-22(24)25/h12-15,17H,4-11,23H2,1-3H3,(H,27,33)(H,28,34)(H,29,32)(H,30,31)(H,35,36)(H4,24,25,26). The lowest BCUT2D eigenvalue weighted by atomic mass is 9.99. The van der Waals surface area contributed by atoms with Gasteiger partial charge in [-0.3, -0.25) is 24.2 Å². The van der Waals surface area contributed by atoms with Crippen molar-refractivity contribution in [3.63, 3.8) is 0 Å². The number of hydrogen-bond acceptors (Lipinski definition) is 8. The van der Waals surface area contributed by atoms with Crippen LogP contribution in [-0.4, -0.2) is 88.6 Å². The van der Waals surface area contributed by atoms with Crippen molar-refractivity contribution in [3.05, 3.63) is 0 Å². The van der Waals surface area contributed by atoms with E-state index in [2.05, 4.69) is 20.9 Å². The maximum absolute atomic E-state index is 13.0. The molecular weight excluding hydrogens is 506 g/mol. The number of carboxylic acids is 2. The molecule has 3 amide bonds. The largest absolute Gasteiger partial charge is 0.481 e. The van der Waals surface area contributed by atoms with Crippen LogP contribution in [0.4, 0.5) is 0 Å². The zero-order valence-electron chi connectivity index (χ0n) is 21.6. The molecule has 0 aromatic rings. The number of carboxylic acid groups (broad SMARTS) is 2. The lowest BCUT2D eigenvalue weighted by molar-refractivity contribution is -0.143. The molecule has 14 nitrogen and oxygen atoms in total. The fraction of sp³-hybridized carbons (Fsp3) is 0.727. The lowest BCUT2D eigenvalue weighted by Crippen LogP contribution is -2.57. The van der Waals surface area contributed by atoms with E-state index in [9.17, 15) is 29.1 Å². The van der Waals surface area contributed by atoms with E-state index in [-0.39, 0.29) is 44.1 Å². The van der Waals surface area contributed by atoms with E-state index in [0.29, 0.717) is 12.2 Å². The fourth-order valence-electron chi connectivity index (χ4n) is 3.13. The molecule has 37 heavy (non-hydrogen) atoms. The molecule has 0 aliphatic rings. The number of nitrogens with two attached hydrogens (primary N) is 3. The van der Waals surface area contributed by atoms with Gasteiger partial charge in [-0.25, -0.2) is 4.79 Å². The predicted octanol–water partition coefficient (Wildman–Crippen LogP) is -1.43. The summed E-state index contributed by atoms with van der Waals surface area (Å²) in [6.45, 7) is 3.84. The Balaban J connectivity index is 5.54. The number of guanidine groups is 1. The number of carbonyl (C=O) groups excluding carboxylic acids is 3. The Morgan fingerprint density at radius 3 is 1.92 bits per heavy atom. The first-order chi connectivity index (χ1) is 17.3. The van der Waals surface area contributed by atoms with Gasteiger partial charge in [0.1, 0.15) is 18.1 Å². The fourth-order valence-corrected chi connectivity index (χ4v) is 3.60. The minimum atomic E-state index is -1.35. The van der Waals surface area contributed by atoms with Gasteiger partial charge >= 0.3 is 11.9 Å². The Morgan fingerprint density at radius 1 is 0.892 bits per heavy atom. The minimum absolute atomic E-state index is 0.00262. The van der Waals surface area contributed by atoms with Crippen LogP contribution in [0.1, 0.15) is 52.4 Å². The summed E-state index contributed by atoms with van der Waals surface area (Å²) in [7, 11) is 0. The molecule has 15 heteroatoms. The molecule has 212 valence electrons. The molecule has 0 spiro atoms. The number of rotatable bonds is 19. The van der Waals surface area contributed by atoms with Gasteiger partial charge in [0.05, 0.1) is 6.04 Å². The van der Waals surface area contributed by atoms with Gasteiger partial charge in [0.15, 0.2) is 5.96 Å². The SMILES string of the molecule is CCC(C)C(N)C(=O)NC(CCSC)C(=O)NC(CCC(=O)O)C(=O)NC(CCCN=C(N)N)C(=O)O. The van der Waals surface area contributed by atoms with Crippen LogP contribution >= 0.6 is 11.8 Å². The highest BCUT2D eigenvalue weighted by molar-refractivity contribution is 7.98. The Bertz CT molecular complexity index is 808. The molecule has 0 fully saturated rings. The highest BCUT2D eigenvalue weighted by Crippen LogP contribution is 2.09. The highest BCUT2D eigenvalue weighted by Gasteiger charge is 2.31. The van der Waals surface area contributed by atoms with Gasteiger partial charge in [-0.15, -0.1) is 0 Å². The number of amides is 3. The molecule has 5 atom stereocenters. The molecular formula is C22H41N7O7S. The van der Waals surface area contributed by atoms with Gasteiger partial charge in [0.25, 0.3) is 0 Å². The third-order valence-corrected chi connectivity index (χ3v) is 6.29. The summed E-state index contributed by atoms with van der Waals surface area (Å²) < 4.78 is 0. The molecule has 0 saturated heterocycles. The molecule has 0 aliphatic heterocycles. The summed E-state index contributed by atoms with van der Waals surface area (Å²) in [5.74, 6) is -4.37. The Morgan fingerprint density at radius 2 is 1.43 bits per heavy atom. The molecule has 11 N–H and O–H groups in total. The van der Waals surface area contributed by atoms with Crippen molar-refractivity contribution in [3.8, 4) is 0 Å². The average molecular weight is 548 g/mol. The number of hydrogen-bond donors (Lipinski definition) is 8. The van der Waals surface area contributed by atoms with Crippen LogP contribution in [0.25, 0.3) is 0 Å². The Kier molecular flexibility index (Phi) is 16.7. The maximum atomic E-state index is 13.0. The number of aliphatic imine (C=N–C) groups is 1. The van der Waals surface area contributed by atoms with E-state index in [1.807, 2.05) is 20.1 Å². The third kappa shape index (κ3) is 14.3. The van der Waals surface area contributed by atoms with E-state index in [0.717, 1.165) is 0 Å². The third-order valence-electron chi connectivity index (χ3n) is 5.64. The highest BCUT2D eigenvalue weighted by atomic mass is 32.2. The zero-order chi connectivity index (χ0) is 28.5. The lowest BCUT2D eigenvalue weighted by Gasteiger charge is -2.26. The molecule has 0 aliphatic carbocycles. The molecule has 0 aromatic heterocycles. The van der Waals surface area contributed by atoms with Gasteiger partial charge in [0.2, 0.25) is 17.7 Å². The number of carbonyl (C=O) groups is 5. The van der Waals surface area contributed by atoms with Crippen LogP contribution in [0.2, 0.25) is 0 Å². The minimum Gasteiger partial charge on any atom is -0.481 e. The second kappa shape index (κ2) is 18.2. The van der Waals surface area contributed by atoms with Crippen molar-refractivity contribution in [2.45, 2.75) is 76.5 Å². The quantitative estimate of drug-likeness (QED) is 0.0528. The van der Waals surface area contributed by atoms with Crippen LogP contribution < -0.4 is 33.2 Å². The summed E-state index contributed by atoms with van der Waals surface area (Å²) in [6, 6.07) is -4.52. The molecule has 0 aromatic carbocycles. The van der Waals surface area contributed by atoms with Crippen molar-refractivity contribution in [2.75, 3.05) is 18.6 Å². The van der Waals surface area contributed by atoms with E-state index in [1.54, 1.807) is 0 Å². The maximum Gasteiger partial charge on any atom is 0.326 e. The first-order valence-electron chi connectivity index (χ1n) is 12.0. The first kappa shape index (κ1) is 33.9. The molecule has 0 heterocycles. The summed E-state index contributed by atoms with van der Waals surface area (Å²) in [6.07, 6.45) is 2.22. The summed E-state index contributed by atoms with van der Waals surface area (Å²) >= 11 is 1.45. The van der Waals surface area contributed by atoms with Crippen LogP contribution in [0.3, 0.4) is 0 Å². The molecule has 0 rings (SSSR count). The zero-order valence-corrected chi connectivity index (χ0v) is 22.4.